The van der Waals surface area contributed by atoms with E-state index >= 15 is 0 Å². The zero-order valence-corrected chi connectivity index (χ0v) is 23.8. The number of nitro groups is 2. The van der Waals surface area contributed by atoms with Gasteiger partial charge in [-0.05, 0) is 73.5 Å². The Morgan fingerprint density at radius 3 is 1.80 bits per heavy atom. The van der Waals surface area contributed by atoms with Crippen molar-refractivity contribution in [3.63, 3.8) is 0 Å². The smallest absolute Gasteiger partial charge is 0.497 e. The highest BCUT2D eigenvalue weighted by atomic mass is 32.2. The van der Waals surface area contributed by atoms with Crippen LogP contribution < -0.4 is 18.9 Å². The van der Waals surface area contributed by atoms with Crippen molar-refractivity contribution in [2.45, 2.75) is 17.5 Å². The average molecular weight is 607 g/mol. The van der Waals surface area contributed by atoms with Gasteiger partial charge in [-0.2, -0.15) is 0 Å². The average Bonchev–Trinajstić information content (AvgIpc) is 2.97. The first-order valence-electron chi connectivity index (χ1n) is 11.7. The molecule has 0 aromatic heterocycles. The molecule has 0 spiro atoms. The Balaban J connectivity index is 2.16. The van der Waals surface area contributed by atoms with Crippen LogP contribution in [0.3, 0.4) is 0 Å². The van der Waals surface area contributed by atoms with E-state index < -0.39 is 47.8 Å². The Morgan fingerprint density at radius 1 is 0.878 bits per heavy atom. The van der Waals surface area contributed by atoms with Crippen molar-refractivity contribution in [3.05, 3.63) is 87.0 Å². The number of benzene rings is 3. The van der Waals surface area contributed by atoms with Gasteiger partial charge in [0, 0.05) is 6.07 Å². The second-order valence-corrected chi connectivity index (χ2v) is 9.74. The van der Waals surface area contributed by atoms with Crippen molar-refractivity contribution in [3.8, 4) is 23.0 Å². The molecule has 0 fully saturated rings. The van der Waals surface area contributed by atoms with E-state index in [0.717, 1.165) is 22.5 Å². The van der Waals surface area contributed by atoms with Crippen molar-refractivity contribution < 1.29 is 42.9 Å². The molecule has 0 saturated carbocycles. The zero-order chi connectivity index (χ0) is 30.0. The number of carbonyl (C=O) groups is 1. The molecule has 0 aliphatic heterocycles. The van der Waals surface area contributed by atoms with Gasteiger partial charge in [0.15, 0.2) is 0 Å². The summed E-state index contributed by atoms with van der Waals surface area (Å²) in [6, 6.07) is 15.3. The Labute approximate surface area is 239 Å². The third-order valence-corrected chi connectivity index (χ3v) is 7.25. The number of ether oxygens (including phenoxy) is 5. The molecular weight excluding hydrogens is 581 g/mol. The lowest BCUT2D eigenvalue weighted by Crippen LogP contribution is -2.52. The minimum Gasteiger partial charge on any atom is -0.497 e. The molecule has 0 radical (unpaired) electrons. The molecule has 0 heterocycles. The molecule has 14 nitrogen and oxygen atoms in total. The van der Waals surface area contributed by atoms with E-state index in [1.165, 1.54) is 38.5 Å². The lowest BCUT2D eigenvalue weighted by molar-refractivity contribution is -0.396. The first-order chi connectivity index (χ1) is 19.6. The van der Waals surface area contributed by atoms with Crippen LogP contribution >= 0.6 is 20.4 Å². The topological polar surface area (TPSA) is 170 Å². The third kappa shape index (κ3) is 8.03. The molecule has 0 N–H and O–H groups in total. The lowest BCUT2D eigenvalue weighted by Gasteiger charge is -2.31. The minimum absolute atomic E-state index is 0.0142. The number of non-ortho nitro benzene ring substituents is 1. The Morgan fingerprint density at radius 2 is 1.39 bits per heavy atom. The predicted octanol–water partition coefficient (Wildman–Crippen LogP) is 5.19. The number of carbonyl (C=O) groups excluding carboxylic acids is 1. The van der Waals surface area contributed by atoms with Gasteiger partial charge in [0.1, 0.15) is 34.4 Å². The minimum atomic E-state index is -2.27. The van der Waals surface area contributed by atoms with Crippen LogP contribution in [0.2, 0.25) is 0 Å². The molecule has 41 heavy (non-hydrogen) atoms. The summed E-state index contributed by atoms with van der Waals surface area (Å²) in [6.45, 7) is 0.982. The molecule has 0 bridgehead atoms. The van der Waals surface area contributed by atoms with Gasteiger partial charge in [0.2, 0.25) is 0 Å². The SMILES string of the molecule is CCOC(=O)CN(Sc1ccc([N+](=O)[O-])cc1[N+](=O)[O-])C(Oc1ccc(OC)cc1)(Oc1ccc(OC)cc1)[PH+]=O. The highest BCUT2D eigenvalue weighted by molar-refractivity contribution is 7.97. The molecule has 0 aliphatic carbocycles. The van der Waals surface area contributed by atoms with Crippen molar-refractivity contribution in [1.29, 1.82) is 0 Å². The fraction of sp³-hybridized carbons (Fsp3) is 0.240. The van der Waals surface area contributed by atoms with Gasteiger partial charge in [0.25, 0.3) is 11.4 Å². The summed E-state index contributed by atoms with van der Waals surface area (Å²) in [5.41, 5.74) is -3.41. The summed E-state index contributed by atoms with van der Waals surface area (Å²) in [5.74, 6) is 0.514. The standard InChI is InChI=1S/C25H24N3O11PS/c1-4-37-24(29)16-26(41-23-14-5-17(27(30)31)15-22(23)28(32)33)25(40-34,38-20-10-6-18(35-2)7-11-20)39-21-12-8-19(36-3)9-13-21/h5-15H,4,16H2,1-3H3/p+1. The largest absolute Gasteiger partial charge is 0.535 e. The summed E-state index contributed by atoms with van der Waals surface area (Å²) >= 11 is 0.579. The molecule has 1 unspecified atom stereocenters. The van der Waals surface area contributed by atoms with Crippen LogP contribution in [0.15, 0.2) is 71.6 Å². The van der Waals surface area contributed by atoms with Gasteiger partial charge >= 0.3 is 20.1 Å². The number of esters is 1. The molecule has 0 aliphatic rings. The van der Waals surface area contributed by atoms with E-state index in [9.17, 15) is 29.6 Å². The summed E-state index contributed by atoms with van der Waals surface area (Å²) in [5, 5.41) is 23.1. The second-order valence-electron chi connectivity index (χ2n) is 7.84. The van der Waals surface area contributed by atoms with Crippen LogP contribution in [-0.2, 0) is 14.1 Å². The number of nitro benzene ring substituents is 2. The highest BCUT2D eigenvalue weighted by Gasteiger charge is 2.55. The van der Waals surface area contributed by atoms with Crippen LogP contribution in [0.1, 0.15) is 6.92 Å². The van der Waals surface area contributed by atoms with Crippen molar-refractivity contribution in [2.75, 3.05) is 27.4 Å². The Bertz CT molecular complexity index is 1340. The van der Waals surface area contributed by atoms with E-state index in [0.29, 0.717) is 23.4 Å². The molecule has 3 aromatic rings. The summed E-state index contributed by atoms with van der Waals surface area (Å²) in [4.78, 5) is 34.1. The maximum atomic E-state index is 13.0. The summed E-state index contributed by atoms with van der Waals surface area (Å²) in [6.07, 6.45) is 0. The van der Waals surface area contributed by atoms with Gasteiger partial charge in [0.05, 0.1) is 36.7 Å². The fourth-order valence-electron chi connectivity index (χ4n) is 3.30. The number of methoxy groups -OCH3 is 2. The van der Waals surface area contributed by atoms with Crippen molar-refractivity contribution in [1.82, 2.24) is 4.31 Å². The van der Waals surface area contributed by atoms with Crippen LogP contribution in [0.5, 0.6) is 23.0 Å². The Hall–Kier alpha value is -4.46. The fourth-order valence-corrected chi connectivity index (χ4v) is 5.01. The molecule has 0 saturated heterocycles. The number of rotatable bonds is 15. The van der Waals surface area contributed by atoms with Gasteiger partial charge in [-0.15, -0.1) is 4.31 Å². The molecule has 0 amide bonds. The predicted molar refractivity (Wildman–Crippen MR) is 148 cm³/mol. The van der Waals surface area contributed by atoms with Gasteiger partial charge in [-0.1, -0.05) is 4.57 Å². The van der Waals surface area contributed by atoms with Crippen molar-refractivity contribution >= 4 is 37.8 Å². The van der Waals surface area contributed by atoms with Crippen LogP contribution in [0, 0.1) is 20.2 Å². The van der Waals surface area contributed by atoms with E-state index in [1.807, 2.05) is 0 Å². The van der Waals surface area contributed by atoms with E-state index in [-0.39, 0.29) is 23.0 Å². The lowest BCUT2D eigenvalue weighted by atomic mass is 10.3. The number of hydrogen-bond acceptors (Lipinski definition) is 13. The molecule has 216 valence electrons. The quantitative estimate of drug-likeness (QED) is 0.0554. The van der Waals surface area contributed by atoms with Gasteiger partial charge < -0.3 is 23.7 Å². The summed E-state index contributed by atoms with van der Waals surface area (Å²) < 4.78 is 41.7. The maximum Gasteiger partial charge on any atom is 0.535 e. The first-order valence-corrected chi connectivity index (χ1v) is 13.4. The molecular formula is C25H25N3O11PS+. The highest BCUT2D eigenvalue weighted by Crippen LogP contribution is 2.43. The van der Waals surface area contributed by atoms with Crippen LogP contribution in [0.4, 0.5) is 11.4 Å². The first kappa shape index (κ1) is 31.1. The molecule has 3 rings (SSSR count). The third-order valence-electron chi connectivity index (χ3n) is 5.23. The maximum absolute atomic E-state index is 13.0. The van der Waals surface area contributed by atoms with Gasteiger partial charge in [-0.3, -0.25) is 25.0 Å². The Kier molecular flexibility index (Phi) is 10.8. The molecule has 16 heteroatoms. The van der Waals surface area contributed by atoms with Gasteiger partial charge in [-0.25, -0.2) is 0 Å². The normalized spacial score (nSPS) is 11.1. The second kappa shape index (κ2) is 14.3. The zero-order valence-electron chi connectivity index (χ0n) is 22.0. The van der Waals surface area contributed by atoms with E-state index in [2.05, 4.69) is 0 Å². The summed E-state index contributed by atoms with van der Waals surface area (Å²) in [7, 11) is 1.49. The van der Waals surface area contributed by atoms with Crippen LogP contribution in [0.25, 0.3) is 0 Å². The molecule has 3 aromatic carbocycles. The number of nitrogens with zero attached hydrogens (tertiary/aromatic N) is 3. The monoisotopic (exact) mass is 606 g/mol. The van der Waals surface area contributed by atoms with Crippen molar-refractivity contribution in [2.24, 2.45) is 0 Å². The molecule has 1 atom stereocenters. The number of hydrogen-bond donors (Lipinski definition) is 0. The van der Waals surface area contributed by atoms with Crippen LogP contribution in [-0.4, -0.2) is 53.1 Å². The van der Waals surface area contributed by atoms with E-state index in [4.69, 9.17) is 23.7 Å². The van der Waals surface area contributed by atoms with E-state index in [1.54, 1.807) is 31.2 Å².